The van der Waals surface area contributed by atoms with Gasteiger partial charge in [-0.15, -0.1) is 0 Å². The zero-order valence-corrected chi connectivity index (χ0v) is 8.87. The second-order valence-electron chi connectivity index (χ2n) is 4.28. The van der Waals surface area contributed by atoms with E-state index in [-0.39, 0.29) is 0 Å². The van der Waals surface area contributed by atoms with Crippen molar-refractivity contribution in [1.29, 1.82) is 0 Å². The molecular formula is C14H18. The summed E-state index contributed by atoms with van der Waals surface area (Å²) in [5.41, 5.74) is 3.00. The molecule has 0 spiro atoms. The van der Waals surface area contributed by atoms with Gasteiger partial charge >= 0.3 is 0 Å². The first-order chi connectivity index (χ1) is 6.86. The monoisotopic (exact) mass is 186 g/mol. The Kier molecular flexibility index (Phi) is 3.03. The van der Waals surface area contributed by atoms with Gasteiger partial charge in [0.1, 0.15) is 0 Å². The fourth-order valence-corrected chi connectivity index (χ4v) is 2.19. The van der Waals surface area contributed by atoms with Crippen LogP contribution in [0.1, 0.15) is 38.2 Å². The Bertz CT molecular complexity index is 308. The Labute approximate surface area is 86.7 Å². The number of hydrogen-bond acceptors (Lipinski definition) is 0. The summed E-state index contributed by atoms with van der Waals surface area (Å²) < 4.78 is 0. The Balaban J connectivity index is 2.17. The highest BCUT2D eigenvalue weighted by molar-refractivity contribution is 5.53. The van der Waals surface area contributed by atoms with E-state index in [9.17, 15) is 0 Å². The summed E-state index contributed by atoms with van der Waals surface area (Å²) in [4.78, 5) is 0. The molecule has 1 aromatic rings. The Morgan fingerprint density at radius 2 is 1.93 bits per heavy atom. The molecule has 1 aliphatic rings. The van der Waals surface area contributed by atoms with Crippen LogP contribution in [-0.4, -0.2) is 0 Å². The maximum atomic E-state index is 2.38. The summed E-state index contributed by atoms with van der Waals surface area (Å²) in [6.45, 7) is 2.36. The van der Waals surface area contributed by atoms with E-state index in [0.717, 1.165) is 5.92 Å². The van der Waals surface area contributed by atoms with E-state index in [4.69, 9.17) is 0 Å². The lowest BCUT2D eigenvalue weighted by atomic mass is 9.84. The first-order valence-electron chi connectivity index (χ1n) is 5.62. The van der Waals surface area contributed by atoms with Crippen molar-refractivity contribution in [2.24, 2.45) is 5.92 Å². The second-order valence-corrected chi connectivity index (χ2v) is 4.28. The lowest BCUT2D eigenvalue weighted by molar-refractivity contribution is 0.487. The largest absolute Gasteiger partial charge is 0.0668 e. The number of hydrogen-bond donors (Lipinski definition) is 0. The zero-order chi connectivity index (χ0) is 9.80. The third-order valence-corrected chi connectivity index (χ3v) is 3.14. The molecule has 0 bridgehead atoms. The van der Waals surface area contributed by atoms with Crippen LogP contribution in [-0.2, 0) is 0 Å². The van der Waals surface area contributed by atoms with E-state index >= 15 is 0 Å². The van der Waals surface area contributed by atoms with Crippen LogP contribution in [0.2, 0.25) is 0 Å². The fraction of sp³-hybridized carbons (Fsp3) is 0.429. The molecule has 1 atom stereocenters. The van der Waals surface area contributed by atoms with E-state index < -0.39 is 0 Å². The van der Waals surface area contributed by atoms with Crippen LogP contribution in [0.25, 0.3) is 6.08 Å². The molecule has 0 amide bonds. The SMILES string of the molecule is CC1CCCC/C1=C/c1ccccc1. The minimum Gasteiger partial charge on any atom is -0.0668 e. The maximum absolute atomic E-state index is 2.38. The average Bonchev–Trinajstić information content (AvgIpc) is 2.23. The van der Waals surface area contributed by atoms with Gasteiger partial charge in [-0.25, -0.2) is 0 Å². The van der Waals surface area contributed by atoms with Crippen molar-refractivity contribution in [2.45, 2.75) is 32.6 Å². The van der Waals surface area contributed by atoms with Gasteiger partial charge in [-0.1, -0.05) is 55.3 Å². The highest BCUT2D eigenvalue weighted by atomic mass is 14.2. The smallest absolute Gasteiger partial charge is 0.0228 e. The topological polar surface area (TPSA) is 0 Å². The summed E-state index contributed by atoms with van der Waals surface area (Å²) in [5, 5.41) is 0. The van der Waals surface area contributed by atoms with Crippen molar-refractivity contribution in [3.8, 4) is 0 Å². The Morgan fingerprint density at radius 1 is 1.14 bits per heavy atom. The van der Waals surface area contributed by atoms with Crippen LogP contribution in [0.4, 0.5) is 0 Å². The van der Waals surface area contributed by atoms with E-state index in [1.54, 1.807) is 5.57 Å². The molecule has 1 fully saturated rings. The third kappa shape index (κ3) is 2.25. The van der Waals surface area contributed by atoms with Crippen molar-refractivity contribution < 1.29 is 0 Å². The fourth-order valence-electron chi connectivity index (χ4n) is 2.19. The number of allylic oxidation sites excluding steroid dienone is 1. The molecule has 2 rings (SSSR count). The summed E-state index contributed by atoms with van der Waals surface area (Å²) in [6, 6.07) is 10.7. The summed E-state index contributed by atoms with van der Waals surface area (Å²) in [5.74, 6) is 0.795. The van der Waals surface area contributed by atoms with Crippen molar-refractivity contribution in [3.05, 3.63) is 41.5 Å². The van der Waals surface area contributed by atoms with Crippen LogP contribution in [0.5, 0.6) is 0 Å². The van der Waals surface area contributed by atoms with E-state index in [1.807, 2.05) is 0 Å². The highest BCUT2D eigenvalue weighted by Crippen LogP contribution is 2.30. The van der Waals surface area contributed by atoms with Crippen molar-refractivity contribution in [1.82, 2.24) is 0 Å². The molecule has 1 aromatic carbocycles. The normalized spacial score (nSPS) is 25.2. The van der Waals surface area contributed by atoms with Crippen molar-refractivity contribution >= 4 is 6.08 Å². The highest BCUT2D eigenvalue weighted by Gasteiger charge is 2.13. The zero-order valence-electron chi connectivity index (χ0n) is 8.87. The summed E-state index contributed by atoms with van der Waals surface area (Å²) in [6.07, 6.45) is 7.84. The number of rotatable bonds is 1. The molecule has 74 valence electrons. The molecule has 0 heteroatoms. The minimum absolute atomic E-state index is 0.795. The van der Waals surface area contributed by atoms with E-state index in [0.29, 0.717) is 0 Å². The Hall–Kier alpha value is -1.04. The Morgan fingerprint density at radius 3 is 2.64 bits per heavy atom. The third-order valence-electron chi connectivity index (χ3n) is 3.14. The molecule has 0 heterocycles. The van der Waals surface area contributed by atoms with Gasteiger partial charge < -0.3 is 0 Å². The number of benzene rings is 1. The molecule has 0 nitrogen and oxygen atoms in total. The molecule has 14 heavy (non-hydrogen) atoms. The molecule has 0 N–H and O–H groups in total. The molecule has 0 aliphatic heterocycles. The standard InChI is InChI=1S/C14H18/c1-12-7-5-6-10-14(12)11-13-8-3-2-4-9-13/h2-4,8-9,11-12H,5-7,10H2,1H3/b14-11-. The summed E-state index contributed by atoms with van der Waals surface area (Å²) >= 11 is 0. The van der Waals surface area contributed by atoms with Gasteiger partial charge in [-0.3, -0.25) is 0 Å². The van der Waals surface area contributed by atoms with Gasteiger partial charge in [0.15, 0.2) is 0 Å². The molecule has 1 aliphatic carbocycles. The minimum atomic E-state index is 0.795. The van der Waals surface area contributed by atoms with Crippen LogP contribution in [0.15, 0.2) is 35.9 Å². The predicted molar refractivity (Wildman–Crippen MR) is 62.1 cm³/mol. The lowest BCUT2D eigenvalue weighted by Crippen LogP contribution is -2.05. The van der Waals surface area contributed by atoms with Crippen LogP contribution >= 0.6 is 0 Å². The van der Waals surface area contributed by atoms with Gasteiger partial charge in [-0.2, -0.15) is 0 Å². The predicted octanol–water partition coefficient (Wildman–Crippen LogP) is 4.28. The lowest BCUT2D eigenvalue weighted by Gasteiger charge is -2.21. The van der Waals surface area contributed by atoms with Gasteiger partial charge in [0.2, 0.25) is 0 Å². The molecule has 1 unspecified atom stereocenters. The molecular weight excluding hydrogens is 168 g/mol. The first-order valence-corrected chi connectivity index (χ1v) is 5.62. The maximum Gasteiger partial charge on any atom is -0.0228 e. The van der Waals surface area contributed by atoms with Gasteiger partial charge in [0, 0.05) is 0 Å². The van der Waals surface area contributed by atoms with Crippen molar-refractivity contribution in [2.75, 3.05) is 0 Å². The molecule has 0 aromatic heterocycles. The van der Waals surface area contributed by atoms with Gasteiger partial charge in [0.25, 0.3) is 0 Å². The van der Waals surface area contributed by atoms with E-state index in [2.05, 4.69) is 43.3 Å². The van der Waals surface area contributed by atoms with Crippen LogP contribution < -0.4 is 0 Å². The van der Waals surface area contributed by atoms with Gasteiger partial charge in [-0.05, 0) is 30.7 Å². The van der Waals surface area contributed by atoms with Crippen molar-refractivity contribution in [3.63, 3.8) is 0 Å². The average molecular weight is 186 g/mol. The van der Waals surface area contributed by atoms with Crippen LogP contribution in [0, 0.1) is 5.92 Å². The molecule has 1 saturated carbocycles. The molecule has 0 saturated heterocycles. The first kappa shape index (κ1) is 9.51. The summed E-state index contributed by atoms with van der Waals surface area (Å²) in [7, 11) is 0. The second kappa shape index (κ2) is 4.45. The van der Waals surface area contributed by atoms with Gasteiger partial charge in [0.05, 0.1) is 0 Å². The van der Waals surface area contributed by atoms with Crippen LogP contribution in [0.3, 0.4) is 0 Å². The van der Waals surface area contributed by atoms with E-state index in [1.165, 1.54) is 31.2 Å². The quantitative estimate of drug-likeness (QED) is 0.614. The molecule has 0 radical (unpaired) electrons.